The summed E-state index contributed by atoms with van der Waals surface area (Å²) in [6, 6.07) is 18.7. The van der Waals surface area contributed by atoms with Crippen LogP contribution in [0.15, 0.2) is 71.7 Å². The number of hydrogen-bond donors (Lipinski definition) is 2. The summed E-state index contributed by atoms with van der Waals surface area (Å²) in [6.07, 6.45) is 2.41. The summed E-state index contributed by atoms with van der Waals surface area (Å²) in [7, 11) is 0. The van der Waals surface area contributed by atoms with E-state index in [4.69, 9.17) is 16.3 Å². The molecule has 0 radical (unpaired) electrons. The number of fused-ring (bicyclic) bond motifs is 1. The second-order valence-corrected chi connectivity index (χ2v) is 9.08. The lowest BCUT2D eigenvalue weighted by Gasteiger charge is -2.33. The van der Waals surface area contributed by atoms with Gasteiger partial charge in [0.15, 0.2) is 0 Å². The van der Waals surface area contributed by atoms with E-state index in [1.165, 1.54) is 0 Å². The largest absolute Gasteiger partial charge is 0.374 e. The van der Waals surface area contributed by atoms with E-state index in [0.29, 0.717) is 44.2 Å². The number of hydrogen-bond acceptors (Lipinski definition) is 4. The number of nitrogens with zero attached hydrogens (tertiary/aromatic N) is 3. The van der Waals surface area contributed by atoms with E-state index in [0.717, 1.165) is 27.7 Å². The van der Waals surface area contributed by atoms with Gasteiger partial charge >= 0.3 is 6.03 Å². The average Bonchev–Trinajstić information content (AvgIpc) is 3.27. The van der Waals surface area contributed by atoms with Crippen molar-refractivity contribution in [3.63, 3.8) is 0 Å². The van der Waals surface area contributed by atoms with E-state index >= 15 is 0 Å². The summed E-state index contributed by atoms with van der Waals surface area (Å²) in [4.78, 5) is 26.5. The van der Waals surface area contributed by atoms with Gasteiger partial charge in [-0.05, 0) is 35.4 Å². The number of aromatic nitrogens is 3. The van der Waals surface area contributed by atoms with Crippen LogP contribution in [0.25, 0.3) is 10.9 Å². The monoisotopic (exact) mass is 491 g/mol. The molecule has 8 nitrogen and oxygen atoms in total. The lowest BCUT2D eigenvalue weighted by Crippen LogP contribution is -2.50. The van der Waals surface area contributed by atoms with Crippen molar-refractivity contribution in [2.75, 3.05) is 19.7 Å². The Labute approximate surface area is 207 Å². The number of halogens is 1. The Balaban J connectivity index is 1.15. The first-order valence-corrected chi connectivity index (χ1v) is 11.9. The fourth-order valence-corrected chi connectivity index (χ4v) is 4.48. The minimum Gasteiger partial charge on any atom is -0.374 e. The quantitative estimate of drug-likeness (QED) is 0.431. The Morgan fingerprint density at radius 2 is 1.97 bits per heavy atom. The van der Waals surface area contributed by atoms with Crippen LogP contribution in [0.1, 0.15) is 16.8 Å². The van der Waals surface area contributed by atoms with Crippen molar-refractivity contribution in [3.05, 3.63) is 99.1 Å². The van der Waals surface area contributed by atoms with Crippen LogP contribution in [-0.4, -0.2) is 51.5 Å². The van der Waals surface area contributed by atoms with Gasteiger partial charge in [0.25, 0.3) is 5.56 Å². The van der Waals surface area contributed by atoms with Gasteiger partial charge in [-0.25, -0.2) is 4.79 Å². The van der Waals surface area contributed by atoms with Crippen molar-refractivity contribution >= 4 is 28.5 Å². The van der Waals surface area contributed by atoms with Gasteiger partial charge in [0, 0.05) is 42.2 Å². The number of H-pyrrole nitrogens is 1. The van der Waals surface area contributed by atoms with Gasteiger partial charge in [0.2, 0.25) is 0 Å². The van der Waals surface area contributed by atoms with Crippen LogP contribution in [0, 0.1) is 0 Å². The molecule has 2 aromatic carbocycles. The molecule has 4 aromatic rings. The van der Waals surface area contributed by atoms with Crippen molar-refractivity contribution in [3.8, 4) is 0 Å². The van der Waals surface area contributed by atoms with Crippen LogP contribution in [0.2, 0.25) is 5.02 Å². The van der Waals surface area contributed by atoms with Gasteiger partial charge in [0.05, 0.1) is 37.0 Å². The normalized spacial score (nSPS) is 15.9. The molecule has 35 heavy (non-hydrogen) atoms. The molecule has 2 amide bonds. The first kappa shape index (κ1) is 23.1. The highest BCUT2D eigenvalue weighted by molar-refractivity contribution is 6.31. The van der Waals surface area contributed by atoms with Gasteiger partial charge in [0.1, 0.15) is 0 Å². The summed E-state index contributed by atoms with van der Waals surface area (Å²) < 4.78 is 7.60. The zero-order valence-electron chi connectivity index (χ0n) is 19.1. The molecule has 1 saturated heterocycles. The molecule has 1 unspecified atom stereocenters. The van der Waals surface area contributed by atoms with Gasteiger partial charge in [-0.2, -0.15) is 5.10 Å². The second-order valence-electron chi connectivity index (χ2n) is 8.65. The van der Waals surface area contributed by atoms with Crippen LogP contribution < -0.4 is 10.9 Å². The lowest BCUT2D eigenvalue weighted by molar-refractivity contribution is -0.0133. The molecule has 2 N–H and O–H groups in total. The Morgan fingerprint density at radius 3 is 2.80 bits per heavy atom. The highest BCUT2D eigenvalue weighted by Gasteiger charge is 2.24. The number of nitrogens with one attached hydrogen (secondary N) is 2. The van der Waals surface area contributed by atoms with Gasteiger partial charge in [-0.3, -0.25) is 9.89 Å². The van der Waals surface area contributed by atoms with Crippen molar-refractivity contribution in [2.45, 2.75) is 25.6 Å². The third kappa shape index (κ3) is 5.55. The minimum atomic E-state index is -0.139. The molecule has 1 atom stereocenters. The number of morpholine rings is 1. The molecule has 0 saturated carbocycles. The maximum absolute atomic E-state index is 12.8. The molecule has 9 heteroatoms. The third-order valence-corrected chi connectivity index (χ3v) is 6.41. The Morgan fingerprint density at radius 1 is 1.14 bits per heavy atom. The number of benzene rings is 2. The molecule has 0 spiro atoms. The van der Waals surface area contributed by atoms with E-state index in [-0.39, 0.29) is 17.7 Å². The molecule has 180 valence electrons. The summed E-state index contributed by atoms with van der Waals surface area (Å²) in [5.41, 5.74) is 3.79. The first-order valence-electron chi connectivity index (χ1n) is 11.6. The molecule has 3 heterocycles. The van der Waals surface area contributed by atoms with Crippen molar-refractivity contribution in [1.82, 2.24) is 25.0 Å². The second kappa shape index (κ2) is 10.3. The van der Waals surface area contributed by atoms with Crippen molar-refractivity contribution in [2.24, 2.45) is 0 Å². The SMILES string of the molecule is O=C(NCc1n[nH]c2ccc(Cl)cc12)N1CCOC(Cc2ccc(Cn3ccccc3=O)cc2)C1. The predicted molar refractivity (Wildman–Crippen MR) is 135 cm³/mol. The standard InChI is InChI=1S/C26H26ClN5O3/c27-20-8-9-23-22(14-20)24(30-29-23)15-28-26(34)32-11-12-35-21(17-32)13-18-4-6-19(7-5-18)16-31-10-2-1-3-25(31)33/h1-10,14,21H,11-13,15-17H2,(H,28,34)(H,29,30). The predicted octanol–water partition coefficient (Wildman–Crippen LogP) is 3.58. The van der Waals surface area contributed by atoms with Gasteiger partial charge in [-0.1, -0.05) is 41.9 Å². The van der Waals surface area contributed by atoms with Crippen LogP contribution >= 0.6 is 11.6 Å². The van der Waals surface area contributed by atoms with Crippen LogP contribution in [-0.2, 0) is 24.2 Å². The summed E-state index contributed by atoms with van der Waals surface area (Å²) in [5.74, 6) is 0. The lowest BCUT2D eigenvalue weighted by atomic mass is 10.0. The molecule has 5 rings (SSSR count). The van der Waals surface area contributed by atoms with E-state index < -0.39 is 0 Å². The molecular weight excluding hydrogens is 466 g/mol. The van der Waals surface area contributed by atoms with E-state index in [2.05, 4.69) is 27.6 Å². The van der Waals surface area contributed by atoms with E-state index in [1.54, 1.807) is 33.9 Å². The number of carbonyl (C=O) groups is 1. The molecule has 0 aliphatic carbocycles. The number of rotatable bonds is 6. The highest BCUT2D eigenvalue weighted by Crippen LogP contribution is 2.20. The molecule has 1 aliphatic heterocycles. The smallest absolute Gasteiger partial charge is 0.317 e. The topological polar surface area (TPSA) is 92.2 Å². The van der Waals surface area contributed by atoms with Crippen LogP contribution in [0.5, 0.6) is 0 Å². The maximum Gasteiger partial charge on any atom is 0.317 e. The summed E-state index contributed by atoms with van der Waals surface area (Å²) >= 11 is 6.10. The van der Waals surface area contributed by atoms with E-state index in [1.807, 2.05) is 30.3 Å². The Bertz CT molecular complexity index is 1380. The number of aromatic amines is 1. The molecule has 1 fully saturated rings. The number of ether oxygens (including phenoxy) is 1. The fraction of sp³-hybridized carbons (Fsp3) is 0.269. The third-order valence-electron chi connectivity index (χ3n) is 6.18. The number of pyridine rings is 1. The maximum atomic E-state index is 12.8. The summed E-state index contributed by atoms with van der Waals surface area (Å²) in [5, 5.41) is 11.8. The minimum absolute atomic E-state index is 0.0187. The number of carbonyl (C=O) groups excluding carboxylic acids is 1. The first-order chi connectivity index (χ1) is 17.0. The average molecular weight is 492 g/mol. The fourth-order valence-electron chi connectivity index (χ4n) is 4.31. The Kier molecular flexibility index (Phi) is 6.83. The van der Waals surface area contributed by atoms with Crippen molar-refractivity contribution in [1.29, 1.82) is 0 Å². The molecule has 2 aromatic heterocycles. The zero-order valence-corrected chi connectivity index (χ0v) is 19.9. The number of urea groups is 1. The molecule has 0 bridgehead atoms. The zero-order chi connectivity index (χ0) is 24.2. The molecular formula is C26H26ClN5O3. The van der Waals surface area contributed by atoms with Crippen molar-refractivity contribution < 1.29 is 9.53 Å². The van der Waals surface area contributed by atoms with Gasteiger partial charge < -0.3 is 19.5 Å². The van der Waals surface area contributed by atoms with Crippen LogP contribution in [0.4, 0.5) is 4.79 Å². The van der Waals surface area contributed by atoms with Crippen LogP contribution in [0.3, 0.4) is 0 Å². The molecule has 1 aliphatic rings. The summed E-state index contributed by atoms with van der Waals surface area (Å²) in [6.45, 7) is 2.40. The van der Waals surface area contributed by atoms with E-state index in [9.17, 15) is 9.59 Å². The Hall–Kier alpha value is -3.62. The highest BCUT2D eigenvalue weighted by atomic mass is 35.5. The number of amides is 2. The van der Waals surface area contributed by atoms with Gasteiger partial charge in [-0.15, -0.1) is 0 Å².